The molecule has 0 atom stereocenters. The highest BCUT2D eigenvalue weighted by Gasteiger charge is 1.86. The smallest absolute Gasteiger partial charge is 0.261 e. The molecule has 0 aliphatic heterocycles. The van der Waals surface area contributed by atoms with Crippen LogP contribution in [0.3, 0.4) is 0 Å². The quantitative estimate of drug-likeness (QED) is 0.418. The standard InChI is InChI=1S/C10H20.CH4O3S/c1-3-5-7-9-10-8-6-4-2;1-5(2,3)4/h3H,1,4-10H2,2H3;1H3,(H,2,3,4). The summed E-state index contributed by atoms with van der Waals surface area (Å²) in [6.45, 7) is 5.95. The molecule has 0 rings (SSSR count). The van der Waals surface area contributed by atoms with Crippen molar-refractivity contribution in [1.82, 2.24) is 0 Å². The second kappa shape index (κ2) is 11.7. The molecule has 0 bridgehead atoms. The van der Waals surface area contributed by atoms with E-state index in [1.54, 1.807) is 0 Å². The second-order valence-corrected chi connectivity index (χ2v) is 5.04. The summed E-state index contributed by atoms with van der Waals surface area (Å²) in [5.74, 6) is 0. The Morgan fingerprint density at radius 1 is 1.13 bits per heavy atom. The fourth-order valence-corrected chi connectivity index (χ4v) is 1.07. The average Bonchev–Trinajstić information content (AvgIpc) is 2.08. The monoisotopic (exact) mass is 236 g/mol. The van der Waals surface area contributed by atoms with Gasteiger partial charge < -0.3 is 0 Å². The molecule has 92 valence electrons. The summed E-state index contributed by atoms with van der Waals surface area (Å²) in [5, 5.41) is 0. The Hall–Kier alpha value is -0.350. The van der Waals surface area contributed by atoms with Gasteiger partial charge in [-0.3, -0.25) is 4.55 Å². The van der Waals surface area contributed by atoms with Gasteiger partial charge in [0.25, 0.3) is 10.1 Å². The number of hydrogen-bond acceptors (Lipinski definition) is 2. The number of unbranched alkanes of at least 4 members (excludes halogenated alkanes) is 6. The molecule has 0 aliphatic rings. The molecule has 0 spiro atoms. The Balaban J connectivity index is 0. The van der Waals surface area contributed by atoms with Crippen molar-refractivity contribution in [2.45, 2.75) is 51.9 Å². The summed E-state index contributed by atoms with van der Waals surface area (Å²) < 4.78 is 25.9. The Labute approximate surface area is 94.3 Å². The number of hydrogen-bond donors (Lipinski definition) is 1. The van der Waals surface area contributed by atoms with Gasteiger partial charge >= 0.3 is 0 Å². The van der Waals surface area contributed by atoms with Crippen LogP contribution >= 0.6 is 0 Å². The third-order valence-corrected chi connectivity index (χ3v) is 1.76. The molecule has 0 aliphatic carbocycles. The van der Waals surface area contributed by atoms with Crippen LogP contribution in [-0.2, 0) is 10.1 Å². The fraction of sp³-hybridized carbons (Fsp3) is 0.818. The molecule has 4 heteroatoms. The van der Waals surface area contributed by atoms with E-state index in [1.165, 1.54) is 44.9 Å². The van der Waals surface area contributed by atoms with Crippen LogP contribution in [0.15, 0.2) is 12.7 Å². The molecule has 1 N–H and O–H groups in total. The van der Waals surface area contributed by atoms with Gasteiger partial charge in [-0.1, -0.05) is 45.1 Å². The number of allylic oxidation sites excluding steroid dienone is 1. The molecule has 0 unspecified atom stereocenters. The largest absolute Gasteiger partial charge is 0.286 e. The maximum Gasteiger partial charge on any atom is 0.261 e. The van der Waals surface area contributed by atoms with Gasteiger partial charge in [-0.05, 0) is 12.8 Å². The minimum absolute atomic E-state index is 0.715. The van der Waals surface area contributed by atoms with Crippen molar-refractivity contribution in [3.05, 3.63) is 12.7 Å². The zero-order valence-electron chi connectivity index (χ0n) is 9.91. The Bertz CT molecular complexity index is 212. The zero-order valence-corrected chi connectivity index (χ0v) is 10.7. The van der Waals surface area contributed by atoms with Gasteiger partial charge in [0.1, 0.15) is 0 Å². The predicted octanol–water partition coefficient (Wildman–Crippen LogP) is 3.43. The van der Waals surface area contributed by atoms with Gasteiger partial charge in [0, 0.05) is 0 Å². The second-order valence-electron chi connectivity index (χ2n) is 3.58. The summed E-state index contributed by atoms with van der Waals surface area (Å²) in [6.07, 6.45) is 12.3. The van der Waals surface area contributed by atoms with Gasteiger partial charge in [0.05, 0.1) is 6.26 Å². The van der Waals surface area contributed by atoms with Crippen molar-refractivity contribution in [2.75, 3.05) is 6.26 Å². The maximum atomic E-state index is 9.19. The van der Waals surface area contributed by atoms with Crippen molar-refractivity contribution in [3.63, 3.8) is 0 Å². The molecule has 0 radical (unpaired) electrons. The lowest BCUT2D eigenvalue weighted by Crippen LogP contribution is -1.88. The first kappa shape index (κ1) is 17.1. The summed E-state index contributed by atoms with van der Waals surface area (Å²) in [4.78, 5) is 0. The lowest BCUT2D eigenvalue weighted by atomic mass is 10.1. The first-order chi connectivity index (χ1) is 6.91. The van der Waals surface area contributed by atoms with Crippen molar-refractivity contribution in [1.29, 1.82) is 0 Å². The molecule has 0 heterocycles. The highest BCUT2D eigenvalue weighted by molar-refractivity contribution is 7.85. The van der Waals surface area contributed by atoms with Crippen LogP contribution in [0.2, 0.25) is 0 Å². The van der Waals surface area contributed by atoms with E-state index in [4.69, 9.17) is 4.55 Å². The molecular weight excluding hydrogens is 212 g/mol. The third-order valence-electron chi connectivity index (χ3n) is 1.76. The molecule has 15 heavy (non-hydrogen) atoms. The summed E-state index contributed by atoms with van der Waals surface area (Å²) in [7, 11) is -3.67. The zero-order chi connectivity index (χ0) is 12.2. The minimum atomic E-state index is -3.67. The Morgan fingerprint density at radius 3 is 1.93 bits per heavy atom. The number of rotatable bonds is 7. The highest BCUT2D eigenvalue weighted by atomic mass is 32.2. The molecule has 3 nitrogen and oxygen atoms in total. The van der Waals surface area contributed by atoms with Crippen LogP contribution in [0.4, 0.5) is 0 Å². The summed E-state index contributed by atoms with van der Waals surface area (Å²) >= 11 is 0. The molecule has 0 fully saturated rings. The minimum Gasteiger partial charge on any atom is -0.286 e. The topological polar surface area (TPSA) is 54.4 Å². The van der Waals surface area contributed by atoms with E-state index in [-0.39, 0.29) is 0 Å². The van der Waals surface area contributed by atoms with E-state index < -0.39 is 10.1 Å². The van der Waals surface area contributed by atoms with E-state index in [9.17, 15) is 8.42 Å². The molecule has 0 aromatic rings. The van der Waals surface area contributed by atoms with Crippen molar-refractivity contribution < 1.29 is 13.0 Å². The first-order valence-electron chi connectivity index (χ1n) is 5.45. The van der Waals surface area contributed by atoms with E-state index in [0.717, 1.165) is 0 Å². The molecule has 0 saturated heterocycles. The van der Waals surface area contributed by atoms with Crippen LogP contribution in [0.5, 0.6) is 0 Å². The molecule has 0 saturated carbocycles. The van der Waals surface area contributed by atoms with E-state index in [0.29, 0.717) is 6.26 Å². The van der Waals surface area contributed by atoms with Crippen molar-refractivity contribution in [2.24, 2.45) is 0 Å². The first-order valence-corrected chi connectivity index (χ1v) is 7.30. The van der Waals surface area contributed by atoms with Crippen LogP contribution in [0.25, 0.3) is 0 Å². The normalized spacial score (nSPS) is 10.3. The van der Waals surface area contributed by atoms with Crippen LogP contribution < -0.4 is 0 Å². The van der Waals surface area contributed by atoms with Crippen molar-refractivity contribution in [3.8, 4) is 0 Å². The van der Waals surface area contributed by atoms with Gasteiger partial charge in [0.2, 0.25) is 0 Å². The molecule has 0 aromatic carbocycles. The average molecular weight is 236 g/mol. The van der Waals surface area contributed by atoms with Gasteiger partial charge in [-0.15, -0.1) is 6.58 Å². The van der Waals surface area contributed by atoms with E-state index in [2.05, 4.69) is 13.5 Å². The predicted molar refractivity (Wildman–Crippen MR) is 65.7 cm³/mol. The summed E-state index contributed by atoms with van der Waals surface area (Å²) in [6, 6.07) is 0. The molecule has 0 amide bonds. The fourth-order valence-electron chi connectivity index (χ4n) is 1.07. The molecular formula is C11H24O3S. The third kappa shape index (κ3) is 41.9. The SMILES string of the molecule is C=CCCCCCCCC.CS(=O)(=O)O. The van der Waals surface area contributed by atoms with E-state index >= 15 is 0 Å². The molecule has 0 aromatic heterocycles. The van der Waals surface area contributed by atoms with Crippen molar-refractivity contribution >= 4 is 10.1 Å². The lowest BCUT2D eigenvalue weighted by Gasteiger charge is -1.96. The maximum absolute atomic E-state index is 9.19. The van der Waals surface area contributed by atoms with Gasteiger partial charge in [-0.25, -0.2) is 0 Å². The van der Waals surface area contributed by atoms with Crippen LogP contribution in [0.1, 0.15) is 51.9 Å². The van der Waals surface area contributed by atoms with Crippen LogP contribution in [0, 0.1) is 0 Å². The Kier molecular flexibility index (Phi) is 13.3. The van der Waals surface area contributed by atoms with E-state index in [1.807, 2.05) is 6.08 Å². The highest BCUT2D eigenvalue weighted by Crippen LogP contribution is 2.06. The van der Waals surface area contributed by atoms with Crippen LogP contribution in [-0.4, -0.2) is 19.2 Å². The lowest BCUT2D eigenvalue weighted by molar-refractivity contribution is 0.490. The van der Waals surface area contributed by atoms with Gasteiger partial charge in [0.15, 0.2) is 0 Å². The Morgan fingerprint density at radius 2 is 1.53 bits per heavy atom. The summed E-state index contributed by atoms with van der Waals surface area (Å²) in [5.41, 5.74) is 0. The van der Waals surface area contributed by atoms with Gasteiger partial charge in [-0.2, -0.15) is 8.42 Å².